The van der Waals surface area contributed by atoms with Crippen LogP contribution in [0.5, 0.6) is 0 Å². The molecule has 2 N–H and O–H groups in total. The van der Waals surface area contributed by atoms with Gasteiger partial charge >= 0.3 is 5.97 Å². The summed E-state index contributed by atoms with van der Waals surface area (Å²) in [6.07, 6.45) is 4.12. The molecule has 0 heterocycles. The number of amides is 1. The molecule has 154 valence electrons. The van der Waals surface area contributed by atoms with Crippen LogP contribution in [-0.4, -0.2) is 24.0 Å². The number of carboxylic acid groups (broad SMARTS) is 1. The van der Waals surface area contributed by atoms with E-state index in [9.17, 15) is 18.4 Å². The van der Waals surface area contributed by atoms with E-state index in [2.05, 4.69) is 18.5 Å². The van der Waals surface area contributed by atoms with Crippen LogP contribution in [-0.2, 0) is 9.59 Å². The summed E-state index contributed by atoms with van der Waals surface area (Å²) < 4.78 is 25.3. The summed E-state index contributed by atoms with van der Waals surface area (Å²) in [6, 6.07) is 11.4. The molecule has 29 heavy (non-hydrogen) atoms. The fraction of sp³-hybridized carbons (Fsp3) is 0.217. The van der Waals surface area contributed by atoms with Gasteiger partial charge in [-0.25, -0.2) is 8.78 Å². The molecule has 2 atom stereocenters. The van der Waals surface area contributed by atoms with Gasteiger partial charge in [0.05, 0.1) is 11.8 Å². The van der Waals surface area contributed by atoms with Gasteiger partial charge in [-0.05, 0) is 48.2 Å². The number of halogens is 2. The highest BCUT2D eigenvalue weighted by molar-refractivity contribution is 5.83. The van der Waals surface area contributed by atoms with Gasteiger partial charge in [-0.1, -0.05) is 36.4 Å². The number of likely N-dealkylation sites (N-methyl/N-ethyl adjacent to an activating group) is 1. The number of nitrogens with one attached hydrogen (secondary N) is 1. The number of carbonyl (C=O) groups excluding carboxylic acids is 1. The molecule has 0 saturated heterocycles. The van der Waals surface area contributed by atoms with Crippen LogP contribution in [0, 0.1) is 11.6 Å². The van der Waals surface area contributed by atoms with Gasteiger partial charge in [0.2, 0.25) is 5.91 Å². The van der Waals surface area contributed by atoms with Gasteiger partial charge in [0.15, 0.2) is 0 Å². The van der Waals surface area contributed by atoms with Crippen LogP contribution in [0.15, 0.2) is 73.8 Å². The van der Waals surface area contributed by atoms with Crippen LogP contribution in [0.3, 0.4) is 0 Å². The Hall–Kier alpha value is -3.28. The van der Waals surface area contributed by atoms with Crippen molar-refractivity contribution in [2.45, 2.75) is 24.7 Å². The second-order valence-electron chi connectivity index (χ2n) is 6.21. The second-order valence-corrected chi connectivity index (χ2v) is 6.21. The van der Waals surface area contributed by atoms with Crippen LogP contribution >= 0.6 is 0 Å². The first-order valence-electron chi connectivity index (χ1n) is 9.01. The number of benzene rings is 2. The quantitative estimate of drug-likeness (QED) is 0.625. The van der Waals surface area contributed by atoms with Crippen LogP contribution in [0.2, 0.25) is 0 Å². The molecule has 0 aromatic heterocycles. The standard InChI is InChI=1S/C12H14FNO.C11H11FO2/c1-3-4-11(12(15)14-2)9-5-7-10(13)8-6-9;1-2-3-10(11(13)14)8-4-6-9(12)7-5-8/h3,5-8,11H,1,4H2,2H3,(H,14,15);2,4-7,10H,1,3H2,(H,13,14). The minimum absolute atomic E-state index is 0.0819. The zero-order valence-electron chi connectivity index (χ0n) is 16.3. The summed E-state index contributed by atoms with van der Waals surface area (Å²) in [4.78, 5) is 22.4. The Balaban J connectivity index is 0.000000291. The van der Waals surface area contributed by atoms with Gasteiger partial charge in [-0.2, -0.15) is 0 Å². The first-order valence-corrected chi connectivity index (χ1v) is 9.01. The summed E-state index contributed by atoms with van der Waals surface area (Å²) in [5.41, 5.74) is 1.40. The average Bonchev–Trinajstić information content (AvgIpc) is 2.71. The van der Waals surface area contributed by atoms with E-state index in [-0.39, 0.29) is 23.5 Å². The van der Waals surface area contributed by atoms with Crippen molar-refractivity contribution >= 4 is 11.9 Å². The van der Waals surface area contributed by atoms with Crippen LogP contribution in [0.4, 0.5) is 8.78 Å². The number of aliphatic carboxylic acids is 1. The maximum absolute atomic E-state index is 12.7. The molecule has 0 aliphatic carbocycles. The van der Waals surface area contributed by atoms with Crippen molar-refractivity contribution in [1.82, 2.24) is 5.32 Å². The van der Waals surface area contributed by atoms with Crippen LogP contribution in [0.25, 0.3) is 0 Å². The predicted molar refractivity (Wildman–Crippen MR) is 110 cm³/mol. The highest BCUT2D eigenvalue weighted by Gasteiger charge is 2.18. The third kappa shape index (κ3) is 7.70. The summed E-state index contributed by atoms with van der Waals surface area (Å²) in [5.74, 6) is -2.58. The van der Waals surface area contributed by atoms with Gasteiger partial charge in [0.1, 0.15) is 11.6 Å². The van der Waals surface area contributed by atoms with E-state index >= 15 is 0 Å². The summed E-state index contributed by atoms with van der Waals surface area (Å²) in [5, 5.41) is 11.5. The Morgan fingerprint density at radius 3 is 1.62 bits per heavy atom. The SMILES string of the molecule is C=CCC(C(=O)NC)c1ccc(F)cc1.C=CCC(C(=O)O)c1ccc(F)cc1. The first kappa shape index (κ1) is 23.8. The van der Waals surface area contributed by atoms with Crippen molar-refractivity contribution in [3.63, 3.8) is 0 Å². The molecule has 0 saturated carbocycles. The van der Waals surface area contributed by atoms with Crippen molar-refractivity contribution in [1.29, 1.82) is 0 Å². The molecule has 0 aliphatic rings. The molecule has 0 aliphatic heterocycles. The lowest BCUT2D eigenvalue weighted by Crippen LogP contribution is -2.25. The van der Waals surface area contributed by atoms with E-state index in [0.29, 0.717) is 18.4 Å². The van der Waals surface area contributed by atoms with Gasteiger partial charge in [-0.15, -0.1) is 13.2 Å². The molecule has 2 aromatic carbocycles. The topological polar surface area (TPSA) is 66.4 Å². The fourth-order valence-corrected chi connectivity index (χ4v) is 2.67. The van der Waals surface area contributed by atoms with E-state index in [0.717, 1.165) is 5.56 Å². The third-order valence-corrected chi connectivity index (χ3v) is 4.21. The third-order valence-electron chi connectivity index (χ3n) is 4.21. The van der Waals surface area contributed by atoms with E-state index in [1.54, 1.807) is 31.3 Å². The van der Waals surface area contributed by atoms with Gasteiger partial charge in [0, 0.05) is 7.05 Å². The second kappa shape index (κ2) is 12.2. The Morgan fingerprint density at radius 2 is 1.28 bits per heavy atom. The monoisotopic (exact) mass is 401 g/mol. The van der Waals surface area contributed by atoms with Gasteiger partial charge in [0.25, 0.3) is 0 Å². The molecular weight excluding hydrogens is 376 g/mol. The number of hydrogen-bond acceptors (Lipinski definition) is 2. The van der Waals surface area contributed by atoms with E-state index < -0.39 is 11.9 Å². The van der Waals surface area contributed by atoms with Crippen molar-refractivity contribution in [3.8, 4) is 0 Å². The minimum atomic E-state index is -0.920. The summed E-state index contributed by atoms with van der Waals surface area (Å²) in [6.45, 7) is 7.09. The van der Waals surface area contributed by atoms with Crippen molar-refractivity contribution in [2.75, 3.05) is 7.05 Å². The molecule has 0 radical (unpaired) electrons. The molecule has 1 amide bonds. The van der Waals surface area contributed by atoms with Crippen LogP contribution in [0.1, 0.15) is 35.8 Å². The molecule has 2 aromatic rings. The Labute approximate surface area is 169 Å². The largest absolute Gasteiger partial charge is 0.481 e. The number of allylic oxidation sites excluding steroid dienone is 2. The molecule has 0 bridgehead atoms. The summed E-state index contributed by atoms with van der Waals surface area (Å²) >= 11 is 0. The lowest BCUT2D eigenvalue weighted by Gasteiger charge is -2.13. The minimum Gasteiger partial charge on any atom is -0.481 e. The first-order chi connectivity index (χ1) is 13.8. The maximum Gasteiger partial charge on any atom is 0.311 e. The maximum atomic E-state index is 12.7. The Morgan fingerprint density at radius 1 is 0.897 bits per heavy atom. The fourth-order valence-electron chi connectivity index (χ4n) is 2.67. The molecular formula is C23H25F2NO3. The van der Waals surface area contributed by atoms with Crippen molar-refractivity contribution < 1.29 is 23.5 Å². The van der Waals surface area contributed by atoms with Gasteiger partial charge < -0.3 is 10.4 Å². The highest BCUT2D eigenvalue weighted by atomic mass is 19.1. The van der Waals surface area contributed by atoms with E-state index in [1.807, 2.05) is 0 Å². The molecule has 0 fully saturated rings. The summed E-state index contributed by atoms with van der Waals surface area (Å²) in [7, 11) is 1.59. The number of rotatable bonds is 8. The number of carboxylic acids is 1. The van der Waals surface area contributed by atoms with Crippen LogP contribution < -0.4 is 5.32 Å². The molecule has 4 nitrogen and oxygen atoms in total. The number of hydrogen-bond donors (Lipinski definition) is 2. The zero-order valence-corrected chi connectivity index (χ0v) is 16.3. The molecule has 0 spiro atoms. The molecule has 6 heteroatoms. The normalized spacial score (nSPS) is 12.0. The molecule has 2 unspecified atom stereocenters. The molecule has 2 rings (SSSR count). The number of carbonyl (C=O) groups is 2. The van der Waals surface area contributed by atoms with Crippen molar-refractivity contribution in [3.05, 3.63) is 96.6 Å². The lowest BCUT2D eigenvalue weighted by molar-refractivity contribution is -0.138. The van der Waals surface area contributed by atoms with E-state index in [1.165, 1.54) is 36.4 Å². The van der Waals surface area contributed by atoms with Crippen molar-refractivity contribution in [2.24, 2.45) is 0 Å². The van der Waals surface area contributed by atoms with E-state index in [4.69, 9.17) is 5.11 Å². The Kier molecular flexibility index (Phi) is 10.0. The zero-order chi connectivity index (χ0) is 21.8. The highest BCUT2D eigenvalue weighted by Crippen LogP contribution is 2.21. The lowest BCUT2D eigenvalue weighted by atomic mass is 9.95. The Bertz CT molecular complexity index is 817. The predicted octanol–water partition coefficient (Wildman–Crippen LogP) is 4.80. The smallest absolute Gasteiger partial charge is 0.311 e. The average molecular weight is 401 g/mol. The van der Waals surface area contributed by atoms with Gasteiger partial charge in [-0.3, -0.25) is 9.59 Å².